The van der Waals surface area contributed by atoms with Crippen molar-refractivity contribution in [3.63, 3.8) is 0 Å². The zero-order chi connectivity index (χ0) is 23.4. The minimum Gasteiger partial charge on any atom is -0.507 e. The van der Waals surface area contributed by atoms with Crippen LogP contribution in [0.1, 0.15) is 58.2 Å². The van der Waals surface area contributed by atoms with E-state index in [1.165, 1.54) is 7.11 Å². The molecule has 31 heavy (non-hydrogen) atoms. The highest BCUT2D eigenvalue weighted by Crippen LogP contribution is 2.39. The van der Waals surface area contributed by atoms with Crippen LogP contribution in [0, 0.1) is 0 Å². The van der Waals surface area contributed by atoms with Crippen LogP contribution >= 0.6 is 15.9 Å². The van der Waals surface area contributed by atoms with Gasteiger partial charge < -0.3 is 14.6 Å². The summed E-state index contributed by atoms with van der Waals surface area (Å²) in [4.78, 5) is 12.1. The molecule has 0 fully saturated rings. The van der Waals surface area contributed by atoms with E-state index in [-0.39, 0.29) is 17.4 Å². The number of halogens is 1. The standard InChI is InChI=1S/C24H31BrN2O4/c1-23(2,3)17-10-15(11-18(22(17)29)24(4,5)6)13-26-27-21(28)14-31-19-9-8-16(25)12-20(19)30-7/h8-13,29H,14H2,1-7H3,(H,27,28)/b26-13-. The van der Waals surface area contributed by atoms with Crippen molar-refractivity contribution in [2.24, 2.45) is 5.10 Å². The van der Waals surface area contributed by atoms with Gasteiger partial charge in [-0.2, -0.15) is 5.10 Å². The Labute approximate surface area is 192 Å². The number of rotatable bonds is 6. The molecule has 0 unspecified atom stereocenters. The largest absolute Gasteiger partial charge is 0.507 e. The summed E-state index contributed by atoms with van der Waals surface area (Å²) in [7, 11) is 1.54. The smallest absolute Gasteiger partial charge is 0.277 e. The number of benzene rings is 2. The molecule has 7 heteroatoms. The molecule has 0 saturated heterocycles. The predicted molar refractivity (Wildman–Crippen MR) is 127 cm³/mol. The molecular weight excluding hydrogens is 460 g/mol. The van der Waals surface area contributed by atoms with Crippen molar-refractivity contribution < 1.29 is 19.4 Å². The Morgan fingerprint density at radius 2 is 1.65 bits per heavy atom. The Kier molecular flexibility index (Phi) is 7.76. The van der Waals surface area contributed by atoms with Crippen molar-refractivity contribution in [2.75, 3.05) is 13.7 Å². The lowest BCUT2D eigenvalue weighted by Gasteiger charge is -2.27. The average molecular weight is 491 g/mol. The van der Waals surface area contributed by atoms with Gasteiger partial charge in [-0.05, 0) is 46.7 Å². The Bertz CT molecular complexity index is 938. The van der Waals surface area contributed by atoms with Crippen molar-refractivity contribution in [2.45, 2.75) is 52.4 Å². The first-order valence-corrected chi connectivity index (χ1v) is 10.8. The van der Waals surface area contributed by atoms with E-state index in [1.807, 2.05) is 53.7 Å². The number of phenolic OH excluding ortho intramolecular Hbond substituents is 1. The highest BCUT2D eigenvalue weighted by atomic mass is 79.9. The Hall–Kier alpha value is -2.54. The highest BCUT2D eigenvalue weighted by Gasteiger charge is 2.26. The van der Waals surface area contributed by atoms with Gasteiger partial charge in [0, 0.05) is 15.6 Å². The summed E-state index contributed by atoms with van der Waals surface area (Å²) in [5.74, 6) is 0.900. The van der Waals surface area contributed by atoms with Crippen LogP contribution in [0.3, 0.4) is 0 Å². The molecule has 2 rings (SSSR count). The van der Waals surface area contributed by atoms with Gasteiger partial charge in [-0.25, -0.2) is 5.43 Å². The summed E-state index contributed by atoms with van der Waals surface area (Å²) >= 11 is 3.36. The van der Waals surface area contributed by atoms with E-state index in [9.17, 15) is 9.90 Å². The van der Waals surface area contributed by atoms with Crippen molar-refractivity contribution in [1.82, 2.24) is 5.43 Å². The second-order valence-corrected chi connectivity index (χ2v) is 10.3. The van der Waals surface area contributed by atoms with Gasteiger partial charge in [-0.3, -0.25) is 4.79 Å². The number of phenols is 1. The molecule has 2 N–H and O–H groups in total. The molecule has 0 saturated carbocycles. The summed E-state index contributed by atoms with van der Waals surface area (Å²) in [6.07, 6.45) is 1.57. The number of carbonyl (C=O) groups excluding carboxylic acids is 1. The lowest BCUT2D eigenvalue weighted by atomic mass is 9.78. The quantitative estimate of drug-likeness (QED) is 0.425. The minimum atomic E-state index is -0.396. The van der Waals surface area contributed by atoms with Gasteiger partial charge in [0.1, 0.15) is 5.75 Å². The molecule has 168 valence electrons. The maximum Gasteiger partial charge on any atom is 0.277 e. The molecule has 0 aliphatic rings. The SMILES string of the molecule is COc1cc(Br)ccc1OCC(=O)N/N=C\c1cc(C(C)(C)C)c(O)c(C(C)(C)C)c1. The zero-order valence-electron chi connectivity index (χ0n) is 19.2. The average Bonchev–Trinajstić information content (AvgIpc) is 2.66. The number of nitrogens with zero attached hydrogens (tertiary/aromatic N) is 1. The van der Waals surface area contributed by atoms with Gasteiger partial charge in [0.2, 0.25) is 0 Å². The van der Waals surface area contributed by atoms with E-state index >= 15 is 0 Å². The summed E-state index contributed by atoms with van der Waals surface area (Å²) in [5.41, 5.74) is 4.45. The first-order chi connectivity index (χ1) is 14.3. The van der Waals surface area contributed by atoms with Gasteiger partial charge in [-0.1, -0.05) is 57.5 Å². The summed E-state index contributed by atoms with van der Waals surface area (Å²) in [6.45, 7) is 12.1. The normalized spacial score (nSPS) is 12.1. The van der Waals surface area contributed by atoms with Crippen LogP contribution < -0.4 is 14.9 Å². The molecular formula is C24H31BrN2O4. The maximum atomic E-state index is 12.1. The van der Waals surface area contributed by atoms with Gasteiger partial charge in [0.25, 0.3) is 5.91 Å². The molecule has 2 aromatic rings. The lowest BCUT2D eigenvalue weighted by Crippen LogP contribution is -2.24. The lowest BCUT2D eigenvalue weighted by molar-refractivity contribution is -0.123. The van der Waals surface area contributed by atoms with Crippen LogP contribution in [-0.2, 0) is 15.6 Å². The fourth-order valence-electron chi connectivity index (χ4n) is 2.99. The second-order valence-electron chi connectivity index (χ2n) is 9.34. The second kappa shape index (κ2) is 9.73. The topological polar surface area (TPSA) is 80.2 Å². The molecule has 0 atom stereocenters. The molecule has 0 spiro atoms. The van der Waals surface area contributed by atoms with E-state index in [4.69, 9.17) is 9.47 Å². The molecule has 0 heterocycles. The number of nitrogens with one attached hydrogen (secondary N) is 1. The Balaban J connectivity index is 2.12. The molecule has 1 amide bonds. The fourth-order valence-corrected chi connectivity index (χ4v) is 3.33. The number of amides is 1. The third-order valence-electron chi connectivity index (χ3n) is 4.64. The summed E-state index contributed by atoms with van der Waals surface area (Å²) < 4.78 is 11.6. The summed E-state index contributed by atoms with van der Waals surface area (Å²) in [5, 5.41) is 14.9. The maximum absolute atomic E-state index is 12.1. The third kappa shape index (κ3) is 6.72. The van der Waals surface area contributed by atoms with Crippen LogP contribution in [0.25, 0.3) is 0 Å². The van der Waals surface area contributed by atoms with E-state index in [2.05, 4.69) is 26.5 Å². The van der Waals surface area contributed by atoms with Crippen molar-refractivity contribution in [1.29, 1.82) is 0 Å². The van der Waals surface area contributed by atoms with E-state index in [0.29, 0.717) is 17.2 Å². The van der Waals surface area contributed by atoms with Crippen LogP contribution in [0.4, 0.5) is 0 Å². The first kappa shape index (κ1) is 24.7. The molecule has 0 radical (unpaired) electrons. The number of hydrazone groups is 1. The number of hydrogen-bond acceptors (Lipinski definition) is 5. The van der Waals surface area contributed by atoms with Crippen LogP contribution in [-0.4, -0.2) is 30.9 Å². The fraction of sp³-hybridized carbons (Fsp3) is 0.417. The molecule has 0 bridgehead atoms. The number of ether oxygens (including phenoxy) is 2. The van der Waals surface area contributed by atoms with Gasteiger partial charge >= 0.3 is 0 Å². The van der Waals surface area contributed by atoms with E-state index in [1.54, 1.807) is 24.4 Å². The minimum absolute atomic E-state index is 0.203. The molecule has 6 nitrogen and oxygen atoms in total. The molecule has 0 aliphatic carbocycles. The monoisotopic (exact) mass is 490 g/mol. The first-order valence-electron chi connectivity index (χ1n) is 9.99. The van der Waals surface area contributed by atoms with Gasteiger partial charge in [-0.15, -0.1) is 0 Å². The molecule has 0 aliphatic heterocycles. The Morgan fingerprint density at radius 3 is 2.16 bits per heavy atom. The van der Waals surface area contributed by atoms with E-state index < -0.39 is 5.91 Å². The predicted octanol–water partition coefficient (Wildman–Crippen LogP) is 5.29. The van der Waals surface area contributed by atoms with E-state index in [0.717, 1.165) is 21.2 Å². The Morgan fingerprint density at radius 1 is 1.06 bits per heavy atom. The van der Waals surface area contributed by atoms with Crippen LogP contribution in [0.5, 0.6) is 17.2 Å². The van der Waals surface area contributed by atoms with Crippen molar-refractivity contribution in [3.05, 3.63) is 51.5 Å². The third-order valence-corrected chi connectivity index (χ3v) is 5.13. The summed E-state index contributed by atoms with van der Waals surface area (Å²) in [6, 6.07) is 9.07. The number of hydrogen-bond donors (Lipinski definition) is 2. The molecule has 2 aromatic carbocycles. The van der Waals surface area contributed by atoms with Gasteiger partial charge in [0.05, 0.1) is 13.3 Å². The van der Waals surface area contributed by atoms with Crippen LogP contribution in [0.2, 0.25) is 0 Å². The number of methoxy groups -OCH3 is 1. The van der Waals surface area contributed by atoms with Crippen molar-refractivity contribution in [3.8, 4) is 17.2 Å². The van der Waals surface area contributed by atoms with Crippen molar-refractivity contribution >= 4 is 28.1 Å². The zero-order valence-corrected chi connectivity index (χ0v) is 20.8. The number of aromatic hydroxyl groups is 1. The van der Waals surface area contributed by atoms with Crippen LogP contribution in [0.15, 0.2) is 39.9 Å². The van der Waals surface area contributed by atoms with Gasteiger partial charge in [0.15, 0.2) is 18.1 Å². The molecule has 0 aromatic heterocycles. The number of carbonyl (C=O) groups is 1. The highest BCUT2D eigenvalue weighted by molar-refractivity contribution is 9.10.